The summed E-state index contributed by atoms with van der Waals surface area (Å²) in [6.07, 6.45) is 0. The lowest BCUT2D eigenvalue weighted by Crippen LogP contribution is -2.14. The Balaban J connectivity index is 2.17. The summed E-state index contributed by atoms with van der Waals surface area (Å²) in [5, 5.41) is 2.57. The average molecular weight is 259 g/mol. The van der Waals surface area contributed by atoms with Crippen LogP contribution >= 0.6 is 0 Å². The average Bonchev–Trinajstić information content (AvgIpc) is 2.67. The van der Waals surface area contributed by atoms with Crippen LogP contribution in [0.15, 0.2) is 54.6 Å². The molecule has 0 saturated heterocycles. The molecule has 3 aromatic carbocycles. The minimum atomic E-state index is 0.0179. The number of benzene rings is 3. The third-order valence-corrected chi connectivity index (χ3v) is 4.60. The van der Waals surface area contributed by atoms with Crippen molar-refractivity contribution in [3.8, 4) is 11.1 Å². The number of hydrogen-bond acceptors (Lipinski definition) is 1. The van der Waals surface area contributed by atoms with Crippen LogP contribution in [0.5, 0.6) is 0 Å². The molecule has 4 rings (SSSR count). The maximum atomic E-state index is 6.25. The molecule has 0 saturated carbocycles. The van der Waals surface area contributed by atoms with Gasteiger partial charge in [0.1, 0.15) is 0 Å². The van der Waals surface area contributed by atoms with Gasteiger partial charge in [0.15, 0.2) is 0 Å². The second-order valence-electron chi connectivity index (χ2n) is 6.14. The molecule has 20 heavy (non-hydrogen) atoms. The highest BCUT2D eigenvalue weighted by Gasteiger charge is 2.36. The van der Waals surface area contributed by atoms with E-state index in [0.29, 0.717) is 0 Å². The largest absolute Gasteiger partial charge is 0.398 e. The van der Waals surface area contributed by atoms with E-state index in [2.05, 4.69) is 62.4 Å². The normalized spacial score (nSPS) is 15.1. The first-order valence-corrected chi connectivity index (χ1v) is 7.01. The van der Waals surface area contributed by atoms with Crippen molar-refractivity contribution in [3.05, 3.63) is 65.7 Å². The lowest BCUT2D eigenvalue weighted by atomic mass is 9.82. The van der Waals surface area contributed by atoms with Gasteiger partial charge in [0.2, 0.25) is 0 Å². The summed E-state index contributed by atoms with van der Waals surface area (Å²) in [4.78, 5) is 0. The summed E-state index contributed by atoms with van der Waals surface area (Å²) in [5.41, 5.74) is 12.4. The minimum Gasteiger partial charge on any atom is -0.398 e. The summed E-state index contributed by atoms with van der Waals surface area (Å²) in [6.45, 7) is 4.57. The predicted molar refractivity (Wildman–Crippen MR) is 85.9 cm³/mol. The minimum absolute atomic E-state index is 0.0179. The fourth-order valence-corrected chi connectivity index (χ4v) is 3.50. The molecule has 2 N–H and O–H groups in total. The van der Waals surface area contributed by atoms with Crippen molar-refractivity contribution in [2.45, 2.75) is 19.3 Å². The number of anilines is 1. The zero-order valence-corrected chi connectivity index (χ0v) is 11.8. The van der Waals surface area contributed by atoms with Crippen molar-refractivity contribution in [2.24, 2.45) is 0 Å². The van der Waals surface area contributed by atoms with Crippen molar-refractivity contribution in [1.82, 2.24) is 0 Å². The number of nitrogen functional groups attached to an aromatic ring is 1. The topological polar surface area (TPSA) is 26.0 Å². The molecule has 0 unspecified atom stereocenters. The standard InChI is InChI=1S/C19H17N/c1-19(2)15-8-5-9-17(20)18(15)14-10-12-6-3-4-7-13(12)11-16(14)19/h3-11H,20H2,1-2H3. The summed E-state index contributed by atoms with van der Waals surface area (Å²) in [5.74, 6) is 0. The van der Waals surface area contributed by atoms with Crippen molar-refractivity contribution in [3.63, 3.8) is 0 Å². The number of rotatable bonds is 0. The summed E-state index contributed by atoms with van der Waals surface area (Å²) in [7, 11) is 0. The maximum absolute atomic E-state index is 6.25. The fourth-order valence-electron chi connectivity index (χ4n) is 3.50. The Morgan fingerprint density at radius 2 is 1.50 bits per heavy atom. The SMILES string of the molecule is CC1(C)c2cc3ccccc3cc2-c2c(N)cccc21. The monoisotopic (exact) mass is 259 g/mol. The van der Waals surface area contributed by atoms with Gasteiger partial charge in [0, 0.05) is 16.7 Å². The van der Waals surface area contributed by atoms with Crippen molar-refractivity contribution in [1.29, 1.82) is 0 Å². The molecule has 0 heterocycles. The van der Waals surface area contributed by atoms with E-state index in [4.69, 9.17) is 5.73 Å². The van der Waals surface area contributed by atoms with E-state index in [1.165, 1.54) is 33.0 Å². The van der Waals surface area contributed by atoms with Crippen LogP contribution < -0.4 is 5.73 Å². The molecule has 1 aliphatic carbocycles. The van der Waals surface area contributed by atoms with E-state index < -0.39 is 0 Å². The molecule has 1 heteroatoms. The highest BCUT2D eigenvalue weighted by Crippen LogP contribution is 2.51. The molecule has 98 valence electrons. The Hall–Kier alpha value is -2.28. The van der Waals surface area contributed by atoms with E-state index in [1.54, 1.807) is 0 Å². The van der Waals surface area contributed by atoms with Crippen LogP contribution in [-0.4, -0.2) is 0 Å². The van der Waals surface area contributed by atoms with Crippen LogP contribution in [0.25, 0.3) is 21.9 Å². The van der Waals surface area contributed by atoms with Crippen LogP contribution in [0, 0.1) is 0 Å². The Bertz CT molecular complexity index is 844. The summed E-state index contributed by atoms with van der Waals surface area (Å²) < 4.78 is 0. The smallest absolute Gasteiger partial charge is 0.0396 e. The summed E-state index contributed by atoms with van der Waals surface area (Å²) in [6, 6.07) is 19.4. The van der Waals surface area contributed by atoms with Gasteiger partial charge in [-0.3, -0.25) is 0 Å². The molecule has 1 aliphatic rings. The van der Waals surface area contributed by atoms with Crippen LogP contribution in [0.2, 0.25) is 0 Å². The molecule has 0 spiro atoms. The first-order chi connectivity index (χ1) is 9.59. The predicted octanol–water partition coefficient (Wildman–Crippen LogP) is 4.73. The Morgan fingerprint density at radius 1 is 0.800 bits per heavy atom. The van der Waals surface area contributed by atoms with Gasteiger partial charge in [0.25, 0.3) is 0 Å². The lowest BCUT2D eigenvalue weighted by molar-refractivity contribution is 0.661. The number of fused-ring (bicyclic) bond motifs is 4. The van der Waals surface area contributed by atoms with Gasteiger partial charge < -0.3 is 5.73 Å². The highest BCUT2D eigenvalue weighted by atomic mass is 14.6. The molecule has 1 nitrogen and oxygen atoms in total. The third kappa shape index (κ3) is 1.32. The van der Waals surface area contributed by atoms with Gasteiger partial charge in [-0.2, -0.15) is 0 Å². The van der Waals surface area contributed by atoms with Gasteiger partial charge in [-0.1, -0.05) is 50.2 Å². The van der Waals surface area contributed by atoms with Crippen LogP contribution in [0.1, 0.15) is 25.0 Å². The van der Waals surface area contributed by atoms with Crippen molar-refractivity contribution < 1.29 is 0 Å². The molecule has 3 aromatic rings. The van der Waals surface area contributed by atoms with Gasteiger partial charge in [0.05, 0.1) is 0 Å². The Kier molecular flexibility index (Phi) is 2.10. The van der Waals surface area contributed by atoms with Gasteiger partial charge in [-0.25, -0.2) is 0 Å². The van der Waals surface area contributed by atoms with E-state index in [9.17, 15) is 0 Å². The summed E-state index contributed by atoms with van der Waals surface area (Å²) >= 11 is 0. The third-order valence-electron chi connectivity index (χ3n) is 4.60. The first kappa shape index (κ1) is 11.5. The molecular weight excluding hydrogens is 242 g/mol. The van der Waals surface area contributed by atoms with Crippen molar-refractivity contribution in [2.75, 3.05) is 5.73 Å². The second kappa shape index (κ2) is 3.63. The van der Waals surface area contributed by atoms with E-state index in [0.717, 1.165) is 5.69 Å². The first-order valence-electron chi connectivity index (χ1n) is 7.01. The molecule has 0 radical (unpaired) electrons. The molecule has 0 aromatic heterocycles. The quantitative estimate of drug-likeness (QED) is 0.580. The Labute approximate surface area is 119 Å². The maximum Gasteiger partial charge on any atom is 0.0396 e. The van der Waals surface area contributed by atoms with E-state index in [-0.39, 0.29) is 5.41 Å². The molecule has 0 aliphatic heterocycles. The van der Waals surface area contributed by atoms with Gasteiger partial charge >= 0.3 is 0 Å². The Morgan fingerprint density at radius 3 is 2.25 bits per heavy atom. The zero-order valence-electron chi connectivity index (χ0n) is 11.8. The fraction of sp³-hybridized carbons (Fsp3) is 0.158. The molecule has 0 amide bonds. The van der Waals surface area contributed by atoms with E-state index in [1.807, 2.05) is 6.07 Å². The van der Waals surface area contributed by atoms with E-state index >= 15 is 0 Å². The second-order valence-corrected chi connectivity index (χ2v) is 6.14. The van der Waals surface area contributed by atoms with Gasteiger partial charge in [-0.05, 0) is 45.7 Å². The molecular formula is C19H17N. The lowest BCUT2D eigenvalue weighted by Gasteiger charge is -2.21. The number of hydrogen-bond donors (Lipinski definition) is 1. The van der Waals surface area contributed by atoms with Crippen LogP contribution in [0.4, 0.5) is 5.69 Å². The van der Waals surface area contributed by atoms with Crippen LogP contribution in [0.3, 0.4) is 0 Å². The zero-order chi connectivity index (χ0) is 13.9. The van der Waals surface area contributed by atoms with Crippen LogP contribution in [-0.2, 0) is 5.41 Å². The highest BCUT2D eigenvalue weighted by molar-refractivity contribution is 5.96. The molecule has 0 atom stereocenters. The molecule has 0 bridgehead atoms. The van der Waals surface area contributed by atoms with Gasteiger partial charge in [-0.15, -0.1) is 0 Å². The van der Waals surface area contributed by atoms with Crippen molar-refractivity contribution >= 4 is 16.5 Å². The molecule has 0 fully saturated rings. The number of nitrogens with two attached hydrogens (primary N) is 1.